The molecule has 5 atom stereocenters. The molecule has 3 aliphatic rings. The van der Waals surface area contributed by atoms with E-state index >= 15 is 0 Å². The molecule has 0 spiro atoms. The van der Waals surface area contributed by atoms with Crippen molar-refractivity contribution in [1.29, 1.82) is 0 Å². The SMILES string of the molecule is Cc1ccc2nc(-c3ccc(N4C(=O)C5C6CCC(C6)C5C4=O)cc3)cc(C(=O)OC(C)C(=O)c3ccc(Cl)cc3)c2c1. The van der Waals surface area contributed by atoms with Gasteiger partial charge < -0.3 is 4.74 Å². The van der Waals surface area contributed by atoms with Gasteiger partial charge in [-0.2, -0.15) is 0 Å². The van der Waals surface area contributed by atoms with Crippen molar-refractivity contribution in [2.45, 2.75) is 39.2 Å². The van der Waals surface area contributed by atoms with E-state index in [1.807, 2.05) is 37.3 Å². The average Bonchev–Trinajstić information content (AvgIpc) is 3.70. The topological polar surface area (TPSA) is 93.6 Å². The van der Waals surface area contributed by atoms with Crippen molar-refractivity contribution in [3.63, 3.8) is 0 Å². The van der Waals surface area contributed by atoms with Crippen molar-refractivity contribution in [1.82, 2.24) is 4.98 Å². The van der Waals surface area contributed by atoms with Crippen LogP contribution in [0, 0.1) is 30.6 Å². The van der Waals surface area contributed by atoms with Gasteiger partial charge in [0.25, 0.3) is 0 Å². The first kappa shape index (κ1) is 27.5. The van der Waals surface area contributed by atoms with Crippen LogP contribution < -0.4 is 4.90 Å². The van der Waals surface area contributed by atoms with Gasteiger partial charge in [0, 0.05) is 21.5 Å². The van der Waals surface area contributed by atoms with Crippen molar-refractivity contribution >= 4 is 51.8 Å². The third-order valence-corrected chi connectivity index (χ3v) is 9.57. The minimum atomic E-state index is -1.02. The van der Waals surface area contributed by atoms with Crippen LogP contribution in [0.3, 0.4) is 0 Å². The number of aromatic nitrogens is 1. The smallest absolute Gasteiger partial charge is 0.339 e. The zero-order chi connectivity index (χ0) is 30.0. The number of benzene rings is 3. The second kappa shape index (κ2) is 10.4. The highest BCUT2D eigenvalue weighted by Crippen LogP contribution is 2.56. The van der Waals surface area contributed by atoms with E-state index in [9.17, 15) is 19.2 Å². The molecule has 2 amide bonds. The van der Waals surface area contributed by atoms with Crippen LogP contribution in [-0.4, -0.2) is 34.7 Å². The number of ether oxygens (including phenoxy) is 1. The lowest BCUT2D eigenvalue weighted by Gasteiger charge is -2.19. The third kappa shape index (κ3) is 4.63. The van der Waals surface area contributed by atoms with E-state index < -0.39 is 12.1 Å². The molecule has 3 fully saturated rings. The Morgan fingerprint density at radius 1 is 0.907 bits per heavy atom. The molecule has 0 N–H and O–H groups in total. The Balaban J connectivity index is 1.18. The minimum Gasteiger partial charge on any atom is -0.451 e. The molecule has 43 heavy (non-hydrogen) atoms. The Morgan fingerprint density at radius 2 is 1.56 bits per heavy atom. The van der Waals surface area contributed by atoms with Gasteiger partial charge in [0.15, 0.2) is 6.10 Å². The summed E-state index contributed by atoms with van der Waals surface area (Å²) in [6.07, 6.45) is 2.04. The second-order valence-corrected chi connectivity index (χ2v) is 12.4. The van der Waals surface area contributed by atoms with E-state index in [1.165, 1.54) is 4.90 Å². The number of halogens is 1. The number of esters is 1. The van der Waals surface area contributed by atoms with E-state index in [1.54, 1.807) is 49.4 Å². The summed E-state index contributed by atoms with van der Waals surface area (Å²) >= 11 is 5.95. The number of carbonyl (C=O) groups excluding carboxylic acids is 4. The summed E-state index contributed by atoms with van der Waals surface area (Å²) in [5, 5.41) is 1.12. The number of hydrogen-bond acceptors (Lipinski definition) is 6. The number of rotatable bonds is 6. The first-order valence-electron chi connectivity index (χ1n) is 14.6. The van der Waals surface area contributed by atoms with Crippen LogP contribution in [0.2, 0.25) is 5.02 Å². The lowest BCUT2D eigenvalue weighted by Crippen LogP contribution is -2.32. The van der Waals surface area contributed by atoms with Gasteiger partial charge in [-0.1, -0.05) is 35.4 Å². The van der Waals surface area contributed by atoms with Crippen LogP contribution in [0.25, 0.3) is 22.2 Å². The maximum atomic E-state index is 13.5. The Labute approximate surface area is 253 Å². The Bertz CT molecular complexity index is 1790. The number of hydrogen-bond donors (Lipinski definition) is 0. The first-order chi connectivity index (χ1) is 20.7. The highest BCUT2D eigenvalue weighted by molar-refractivity contribution is 6.30. The standard InChI is InChI=1S/C35H29ClN2O5/c1-18-3-14-28-26(15-18)27(35(42)43-19(2)32(39)21-6-10-24(36)11-7-21)17-29(37-28)20-8-12-25(13-9-20)38-33(40)30-22-4-5-23(16-22)31(30)34(38)41/h3,6-15,17,19,22-23,30-31H,4-5,16H2,1-2H3. The van der Waals surface area contributed by atoms with Gasteiger partial charge in [0.05, 0.1) is 34.3 Å². The Morgan fingerprint density at radius 3 is 2.21 bits per heavy atom. The number of carbonyl (C=O) groups is 4. The van der Waals surface area contributed by atoms with Gasteiger partial charge >= 0.3 is 5.97 Å². The van der Waals surface area contributed by atoms with Crippen LogP contribution in [0.1, 0.15) is 52.5 Å². The largest absolute Gasteiger partial charge is 0.451 e. The zero-order valence-corrected chi connectivity index (χ0v) is 24.5. The van der Waals surface area contributed by atoms with Gasteiger partial charge in [-0.05, 0) is 99.5 Å². The number of ketones is 1. The van der Waals surface area contributed by atoms with Gasteiger partial charge in [0.1, 0.15) is 0 Å². The molecule has 216 valence electrons. The molecule has 2 bridgehead atoms. The Kier molecular flexibility index (Phi) is 6.66. The number of nitrogens with zero attached hydrogens (tertiary/aromatic N) is 2. The van der Waals surface area contributed by atoms with E-state index in [0.29, 0.717) is 50.3 Å². The summed E-state index contributed by atoms with van der Waals surface area (Å²) in [6.45, 7) is 3.47. The molecule has 7 nitrogen and oxygen atoms in total. The van der Waals surface area contributed by atoms with Crippen molar-refractivity contribution < 1.29 is 23.9 Å². The summed E-state index contributed by atoms with van der Waals surface area (Å²) in [7, 11) is 0. The first-order valence-corrected chi connectivity index (χ1v) is 15.0. The van der Waals surface area contributed by atoms with Crippen molar-refractivity contribution in [2.75, 3.05) is 4.90 Å². The van der Waals surface area contributed by atoms with Crippen molar-refractivity contribution in [3.8, 4) is 11.3 Å². The summed E-state index contributed by atoms with van der Waals surface area (Å²) in [5.74, 6) is -0.855. The molecule has 5 unspecified atom stereocenters. The predicted octanol–water partition coefficient (Wildman–Crippen LogP) is 6.83. The molecule has 1 aromatic heterocycles. The summed E-state index contributed by atoms with van der Waals surface area (Å²) in [4.78, 5) is 59.2. The number of pyridine rings is 1. The molecule has 2 aliphatic carbocycles. The number of anilines is 1. The number of aryl methyl sites for hydroxylation is 1. The molecule has 1 aliphatic heterocycles. The van der Waals surface area contributed by atoms with Crippen LogP contribution in [0.15, 0.2) is 72.8 Å². The molecule has 4 aromatic rings. The van der Waals surface area contributed by atoms with Gasteiger partial charge in [0.2, 0.25) is 17.6 Å². The monoisotopic (exact) mass is 592 g/mol. The zero-order valence-electron chi connectivity index (χ0n) is 23.7. The van der Waals surface area contributed by atoms with Gasteiger partial charge in [-0.3, -0.25) is 19.3 Å². The molecule has 0 radical (unpaired) electrons. The maximum absolute atomic E-state index is 13.5. The van der Waals surface area contributed by atoms with Gasteiger partial charge in [-0.25, -0.2) is 9.78 Å². The summed E-state index contributed by atoms with van der Waals surface area (Å²) in [6, 6.07) is 20.9. The molecule has 1 saturated heterocycles. The highest BCUT2D eigenvalue weighted by atomic mass is 35.5. The number of Topliss-reactive ketones (excluding diaryl/α,β-unsaturated/α-hetero) is 1. The van der Waals surface area contributed by atoms with E-state index in [-0.39, 0.29) is 35.0 Å². The van der Waals surface area contributed by atoms with E-state index in [4.69, 9.17) is 21.3 Å². The Hall–Kier alpha value is -4.36. The maximum Gasteiger partial charge on any atom is 0.339 e. The predicted molar refractivity (Wildman–Crippen MR) is 163 cm³/mol. The quantitative estimate of drug-likeness (QED) is 0.138. The molecule has 8 heteroatoms. The normalized spacial score (nSPS) is 23.1. The van der Waals surface area contributed by atoms with Crippen LogP contribution in [0.5, 0.6) is 0 Å². The van der Waals surface area contributed by atoms with E-state index in [0.717, 1.165) is 24.8 Å². The average molecular weight is 593 g/mol. The summed E-state index contributed by atoms with van der Waals surface area (Å²) < 4.78 is 5.66. The number of fused-ring (bicyclic) bond motifs is 6. The van der Waals surface area contributed by atoms with Crippen molar-refractivity contribution in [2.24, 2.45) is 23.7 Å². The lowest BCUT2D eigenvalue weighted by molar-refractivity contribution is -0.123. The minimum absolute atomic E-state index is 0.0820. The molecule has 2 saturated carbocycles. The fourth-order valence-corrected chi connectivity index (χ4v) is 7.35. The fraction of sp³-hybridized carbons (Fsp3) is 0.286. The lowest BCUT2D eigenvalue weighted by atomic mass is 9.81. The fourth-order valence-electron chi connectivity index (χ4n) is 7.23. The highest BCUT2D eigenvalue weighted by Gasteiger charge is 2.61. The summed E-state index contributed by atoms with van der Waals surface area (Å²) in [5.41, 5.74) is 4.03. The van der Waals surface area contributed by atoms with Crippen LogP contribution in [0.4, 0.5) is 5.69 Å². The second-order valence-electron chi connectivity index (χ2n) is 11.9. The van der Waals surface area contributed by atoms with Crippen LogP contribution >= 0.6 is 11.6 Å². The number of imide groups is 1. The third-order valence-electron chi connectivity index (χ3n) is 9.31. The van der Waals surface area contributed by atoms with Crippen LogP contribution in [-0.2, 0) is 14.3 Å². The number of amides is 2. The molecule has 7 rings (SSSR count). The molecular weight excluding hydrogens is 564 g/mol. The van der Waals surface area contributed by atoms with E-state index in [2.05, 4.69) is 0 Å². The molecular formula is C35H29ClN2O5. The molecule has 3 aromatic carbocycles. The molecule has 2 heterocycles. The van der Waals surface area contributed by atoms with Gasteiger partial charge in [-0.15, -0.1) is 0 Å². The van der Waals surface area contributed by atoms with Crippen molar-refractivity contribution in [3.05, 3.63) is 94.5 Å².